The summed E-state index contributed by atoms with van der Waals surface area (Å²) in [5, 5.41) is 0.606. The summed E-state index contributed by atoms with van der Waals surface area (Å²) < 4.78 is 13.2. The van der Waals surface area contributed by atoms with E-state index in [9.17, 15) is 4.39 Å². The average molecular weight is 338 g/mol. The summed E-state index contributed by atoms with van der Waals surface area (Å²) in [7, 11) is 2.31. The van der Waals surface area contributed by atoms with Crippen molar-refractivity contribution in [2.45, 2.75) is 69.7 Å². The minimum atomic E-state index is -0.234. The van der Waals surface area contributed by atoms with Crippen molar-refractivity contribution in [2.75, 3.05) is 13.6 Å². The van der Waals surface area contributed by atoms with Crippen LogP contribution in [0, 0.1) is 11.7 Å². The SMILES string of the molecule is CN(CC[C@H]1CC[C@@H](c2ccc(F)cc2Cl)CC1)C1CCCC1. The molecule has 2 saturated carbocycles. The second-order valence-corrected chi connectivity index (χ2v) is 8.00. The Morgan fingerprint density at radius 1 is 1.09 bits per heavy atom. The Bertz CT molecular complexity index is 504. The highest BCUT2D eigenvalue weighted by Gasteiger charge is 2.25. The second kappa shape index (κ2) is 7.98. The summed E-state index contributed by atoms with van der Waals surface area (Å²) in [6.45, 7) is 1.25. The van der Waals surface area contributed by atoms with Gasteiger partial charge in [0.2, 0.25) is 0 Å². The van der Waals surface area contributed by atoms with E-state index >= 15 is 0 Å². The maximum atomic E-state index is 13.2. The molecule has 23 heavy (non-hydrogen) atoms. The molecule has 2 fully saturated rings. The monoisotopic (exact) mass is 337 g/mol. The minimum Gasteiger partial charge on any atom is -0.303 e. The van der Waals surface area contributed by atoms with Crippen LogP contribution in [-0.4, -0.2) is 24.5 Å². The Hall–Kier alpha value is -0.600. The average Bonchev–Trinajstić information content (AvgIpc) is 3.08. The van der Waals surface area contributed by atoms with Crippen LogP contribution in [0.4, 0.5) is 4.39 Å². The van der Waals surface area contributed by atoms with Gasteiger partial charge in [0.1, 0.15) is 5.82 Å². The van der Waals surface area contributed by atoms with E-state index in [1.54, 1.807) is 6.07 Å². The molecule has 1 aromatic carbocycles. The van der Waals surface area contributed by atoms with Crippen molar-refractivity contribution in [2.24, 2.45) is 5.92 Å². The molecule has 0 unspecified atom stereocenters. The van der Waals surface area contributed by atoms with Gasteiger partial charge in [-0.15, -0.1) is 0 Å². The summed E-state index contributed by atoms with van der Waals surface area (Å²) in [6.07, 6.45) is 11.9. The van der Waals surface area contributed by atoms with Crippen molar-refractivity contribution in [3.63, 3.8) is 0 Å². The summed E-state index contributed by atoms with van der Waals surface area (Å²) in [4.78, 5) is 2.59. The molecule has 0 aromatic heterocycles. The zero-order chi connectivity index (χ0) is 16.2. The fraction of sp³-hybridized carbons (Fsp3) is 0.700. The smallest absolute Gasteiger partial charge is 0.124 e. The molecule has 0 N–H and O–H groups in total. The van der Waals surface area contributed by atoms with Crippen LogP contribution in [0.3, 0.4) is 0 Å². The Labute approximate surface area is 145 Å². The molecule has 3 rings (SSSR count). The first-order valence-corrected chi connectivity index (χ1v) is 9.66. The zero-order valence-electron chi connectivity index (χ0n) is 14.2. The summed E-state index contributed by atoms with van der Waals surface area (Å²) >= 11 is 6.23. The van der Waals surface area contributed by atoms with Gasteiger partial charge in [0.25, 0.3) is 0 Å². The van der Waals surface area contributed by atoms with Crippen LogP contribution in [0.15, 0.2) is 18.2 Å². The summed E-state index contributed by atoms with van der Waals surface area (Å²) in [5.41, 5.74) is 1.15. The van der Waals surface area contributed by atoms with Gasteiger partial charge >= 0.3 is 0 Å². The number of halogens is 2. The van der Waals surface area contributed by atoms with Gasteiger partial charge in [0, 0.05) is 11.1 Å². The van der Waals surface area contributed by atoms with Gasteiger partial charge in [-0.2, -0.15) is 0 Å². The van der Waals surface area contributed by atoms with E-state index in [1.165, 1.54) is 70.4 Å². The van der Waals surface area contributed by atoms with Gasteiger partial charge in [-0.25, -0.2) is 4.39 Å². The normalized spacial score (nSPS) is 26.1. The lowest BCUT2D eigenvalue weighted by Crippen LogP contribution is -2.31. The highest BCUT2D eigenvalue weighted by Crippen LogP contribution is 2.39. The third-order valence-electron chi connectivity index (χ3n) is 6.09. The molecule has 0 aliphatic heterocycles. The lowest BCUT2D eigenvalue weighted by atomic mass is 9.77. The third-order valence-corrected chi connectivity index (χ3v) is 6.41. The maximum absolute atomic E-state index is 13.2. The third kappa shape index (κ3) is 4.48. The van der Waals surface area contributed by atoms with E-state index < -0.39 is 0 Å². The molecule has 0 radical (unpaired) electrons. The van der Waals surface area contributed by atoms with E-state index in [0.29, 0.717) is 10.9 Å². The fourth-order valence-electron chi connectivity index (χ4n) is 4.51. The number of nitrogens with zero attached hydrogens (tertiary/aromatic N) is 1. The van der Waals surface area contributed by atoms with Crippen LogP contribution < -0.4 is 0 Å². The maximum Gasteiger partial charge on any atom is 0.124 e. The molecule has 2 aliphatic carbocycles. The van der Waals surface area contributed by atoms with E-state index in [4.69, 9.17) is 11.6 Å². The highest BCUT2D eigenvalue weighted by atomic mass is 35.5. The lowest BCUT2D eigenvalue weighted by molar-refractivity contribution is 0.208. The standard InChI is InChI=1S/C20H29ClFN/c1-23(18-4-2-3-5-18)13-12-15-6-8-16(9-7-15)19-11-10-17(22)14-20(19)21/h10-11,14-16,18H,2-9,12-13H2,1H3/t15-,16+. The molecular weight excluding hydrogens is 309 g/mol. The Morgan fingerprint density at radius 3 is 2.43 bits per heavy atom. The van der Waals surface area contributed by atoms with Crippen LogP contribution in [0.5, 0.6) is 0 Å². The highest BCUT2D eigenvalue weighted by molar-refractivity contribution is 6.31. The number of rotatable bonds is 5. The molecule has 1 aromatic rings. The fourth-order valence-corrected chi connectivity index (χ4v) is 4.83. The van der Waals surface area contributed by atoms with Crippen molar-refractivity contribution < 1.29 is 4.39 Å². The van der Waals surface area contributed by atoms with Gasteiger partial charge in [-0.1, -0.05) is 30.5 Å². The van der Waals surface area contributed by atoms with Crippen LogP contribution in [0.1, 0.15) is 69.3 Å². The molecule has 128 valence electrons. The number of hydrogen-bond acceptors (Lipinski definition) is 1. The van der Waals surface area contributed by atoms with Crippen molar-refractivity contribution >= 4 is 11.6 Å². The lowest BCUT2D eigenvalue weighted by Gasteiger charge is -2.31. The molecule has 0 atom stereocenters. The zero-order valence-corrected chi connectivity index (χ0v) is 15.0. The van der Waals surface area contributed by atoms with Gasteiger partial charge < -0.3 is 4.90 Å². The Kier molecular flexibility index (Phi) is 5.98. The summed E-state index contributed by atoms with van der Waals surface area (Å²) in [6, 6.07) is 5.73. The van der Waals surface area contributed by atoms with E-state index in [0.717, 1.165) is 17.5 Å². The minimum absolute atomic E-state index is 0.234. The molecule has 0 bridgehead atoms. The van der Waals surface area contributed by atoms with E-state index in [2.05, 4.69) is 11.9 Å². The first kappa shape index (κ1) is 17.2. The number of hydrogen-bond donors (Lipinski definition) is 0. The first-order valence-electron chi connectivity index (χ1n) is 9.28. The Morgan fingerprint density at radius 2 is 1.78 bits per heavy atom. The molecule has 0 heterocycles. The predicted octanol–water partition coefficient (Wildman–Crippen LogP) is 6.02. The second-order valence-electron chi connectivity index (χ2n) is 7.59. The van der Waals surface area contributed by atoms with Gasteiger partial charge in [-0.3, -0.25) is 0 Å². The van der Waals surface area contributed by atoms with Crippen LogP contribution >= 0.6 is 11.6 Å². The van der Waals surface area contributed by atoms with E-state index in [1.807, 2.05) is 6.07 Å². The van der Waals surface area contributed by atoms with Crippen molar-refractivity contribution in [3.8, 4) is 0 Å². The Balaban J connectivity index is 1.44. The molecule has 0 saturated heterocycles. The van der Waals surface area contributed by atoms with Gasteiger partial charge in [0.15, 0.2) is 0 Å². The van der Waals surface area contributed by atoms with Gasteiger partial charge in [0.05, 0.1) is 0 Å². The van der Waals surface area contributed by atoms with Crippen LogP contribution in [0.25, 0.3) is 0 Å². The topological polar surface area (TPSA) is 3.24 Å². The van der Waals surface area contributed by atoms with Gasteiger partial charge in [-0.05, 0) is 88.1 Å². The molecule has 2 aliphatic rings. The van der Waals surface area contributed by atoms with Crippen molar-refractivity contribution in [1.29, 1.82) is 0 Å². The molecule has 0 spiro atoms. The van der Waals surface area contributed by atoms with Crippen molar-refractivity contribution in [1.82, 2.24) is 4.90 Å². The summed E-state index contributed by atoms with van der Waals surface area (Å²) in [5.74, 6) is 1.14. The largest absolute Gasteiger partial charge is 0.303 e. The first-order chi connectivity index (χ1) is 11.1. The molecule has 1 nitrogen and oxygen atoms in total. The van der Waals surface area contributed by atoms with Crippen LogP contribution in [-0.2, 0) is 0 Å². The van der Waals surface area contributed by atoms with Crippen LogP contribution in [0.2, 0.25) is 5.02 Å². The van der Waals surface area contributed by atoms with Crippen molar-refractivity contribution in [3.05, 3.63) is 34.6 Å². The quantitative estimate of drug-likeness (QED) is 0.635. The number of benzene rings is 1. The predicted molar refractivity (Wildman–Crippen MR) is 95.6 cm³/mol. The molecule has 3 heteroatoms. The molecule has 0 amide bonds. The molecular formula is C20H29ClFN. The van der Waals surface area contributed by atoms with E-state index in [-0.39, 0.29) is 5.82 Å².